The predicted octanol–water partition coefficient (Wildman–Crippen LogP) is 2.87. The van der Waals surface area contributed by atoms with Crippen LogP contribution in [0.3, 0.4) is 0 Å². The van der Waals surface area contributed by atoms with E-state index in [1.165, 1.54) is 24.1 Å². The second-order valence-corrected chi connectivity index (χ2v) is 3.83. The Morgan fingerprint density at radius 3 is 2.47 bits per heavy atom. The minimum absolute atomic E-state index is 0.864. The molecule has 0 unspecified atom stereocenters. The van der Waals surface area contributed by atoms with Crippen LogP contribution in [0, 0.1) is 13.8 Å². The zero-order chi connectivity index (χ0) is 11.3. The third-order valence-corrected chi connectivity index (χ3v) is 2.47. The van der Waals surface area contributed by atoms with Crippen LogP contribution in [0.5, 0.6) is 0 Å². The lowest BCUT2D eigenvalue weighted by molar-refractivity contribution is 0.762. The number of nitrogens with zero attached hydrogens (tertiary/aromatic N) is 2. The Morgan fingerprint density at radius 1 is 1.13 bits per heavy atom. The standard InChI is InChI=1S/C12H21N3/c1-5-7-8-11-9(3)12(13-6-2)15-10(4)14-11/h5-8H2,1-4H3,(H,13,14,15). The van der Waals surface area contributed by atoms with Gasteiger partial charge in [0.15, 0.2) is 0 Å². The van der Waals surface area contributed by atoms with Gasteiger partial charge >= 0.3 is 0 Å². The quantitative estimate of drug-likeness (QED) is 0.806. The fourth-order valence-electron chi connectivity index (χ4n) is 1.61. The number of anilines is 1. The number of hydrogen-bond donors (Lipinski definition) is 1. The van der Waals surface area contributed by atoms with Crippen molar-refractivity contribution in [3.8, 4) is 0 Å². The van der Waals surface area contributed by atoms with Gasteiger partial charge in [-0.2, -0.15) is 0 Å². The normalized spacial score (nSPS) is 10.4. The fourth-order valence-corrected chi connectivity index (χ4v) is 1.61. The SMILES string of the molecule is CCCCc1nc(C)nc(NCC)c1C. The maximum atomic E-state index is 4.50. The van der Waals surface area contributed by atoms with Crippen LogP contribution >= 0.6 is 0 Å². The third-order valence-electron chi connectivity index (χ3n) is 2.47. The molecule has 0 atom stereocenters. The van der Waals surface area contributed by atoms with Gasteiger partial charge < -0.3 is 5.32 Å². The summed E-state index contributed by atoms with van der Waals surface area (Å²) >= 11 is 0. The smallest absolute Gasteiger partial charge is 0.132 e. The summed E-state index contributed by atoms with van der Waals surface area (Å²) in [5.74, 6) is 1.86. The Bertz CT molecular complexity index is 321. The van der Waals surface area contributed by atoms with Crippen LogP contribution in [0.15, 0.2) is 0 Å². The van der Waals surface area contributed by atoms with Crippen molar-refractivity contribution in [2.75, 3.05) is 11.9 Å². The molecule has 0 radical (unpaired) electrons. The summed E-state index contributed by atoms with van der Waals surface area (Å²) in [6.07, 6.45) is 3.46. The van der Waals surface area contributed by atoms with Crippen molar-refractivity contribution in [3.63, 3.8) is 0 Å². The molecule has 0 amide bonds. The molecule has 3 nitrogen and oxygen atoms in total. The molecule has 0 aliphatic carbocycles. The first-order valence-electron chi connectivity index (χ1n) is 5.77. The molecule has 0 saturated carbocycles. The summed E-state index contributed by atoms with van der Waals surface area (Å²) in [6, 6.07) is 0. The highest BCUT2D eigenvalue weighted by Crippen LogP contribution is 2.16. The molecular weight excluding hydrogens is 186 g/mol. The Hall–Kier alpha value is -1.12. The van der Waals surface area contributed by atoms with Crippen molar-refractivity contribution in [3.05, 3.63) is 17.1 Å². The van der Waals surface area contributed by atoms with E-state index < -0.39 is 0 Å². The first kappa shape index (κ1) is 12.0. The molecule has 84 valence electrons. The van der Waals surface area contributed by atoms with Gasteiger partial charge in [0.2, 0.25) is 0 Å². The molecule has 0 aliphatic heterocycles. The van der Waals surface area contributed by atoms with E-state index in [-0.39, 0.29) is 0 Å². The summed E-state index contributed by atoms with van der Waals surface area (Å²) in [6.45, 7) is 9.25. The second kappa shape index (κ2) is 5.69. The van der Waals surface area contributed by atoms with Crippen LogP contribution in [-0.4, -0.2) is 16.5 Å². The fraction of sp³-hybridized carbons (Fsp3) is 0.667. The van der Waals surface area contributed by atoms with Gasteiger partial charge in [-0.1, -0.05) is 13.3 Å². The molecule has 1 heterocycles. The van der Waals surface area contributed by atoms with Crippen molar-refractivity contribution in [1.82, 2.24) is 9.97 Å². The first-order valence-corrected chi connectivity index (χ1v) is 5.77. The maximum Gasteiger partial charge on any atom is 0.132 e. The van der Waals surface area contributed by atoms with Crippen LogP contribution in [0.2, 0.25) is 0 Å². The number of aromatic nitrogens is 2. The van der Waals surface area contributed by atoms with Gasteiger partial charge in [-0.3, -0.25) is 0 Å². The lowest BCUT2D eigenvalue weighted by atomic mass is 10.1. The molecule has 3 heteroatoms. The van der Waals surface area contributed by atoms with Crippen LogP contribution in [0.4, 0.5) is 5.82 Å². The van der Waals surface area contributed by atoms with E-state index in [1.807, 2.05) is 6.92 Å². The van der Waals surface area contributed by atoms with Gasteiger partial charge in [0, 0.05) is 17.8 Å². The minimum atomic E-state index is 0.864. The van der Waals surface area contributed by atoms with Crippen LogP contribution < -0.4 is 5.32 Å². The first-order chi connectivity index (χ1) is 7.19. The van der Waals surface area contributed by atoms with E-state index in [4.69, 9.17) is 0 Å². The largest absolute Gasteiger partial charge is 0.370 e. The van der Waals surface area contributed by atoms with E-state index in [2.05, 4.69) is 36.1 Å². The Morgan fingerprint density at radius 2 is 1.87 bits per heavy atom. The molecule has 0 aliphatic rings. The van der Waals surface area contributed by atoms with Crippen LogP contribution in [0.25, 0.3) is 0 Å². The molecule has 0 bridgehead atoms. The van der Waals surface area contributed by atoms with Crippen LogP contribution in [-0.2, 0) is 6.42 Å². The summed E-state index contributed by atoms with van der Waals surface area (Å²) in [5, 5.41) is 3.28. The van der Waals surface area contributed by atoms with Crippen molar-refractivity contribution >= 4 is 5.82 Å². The Kier molecular flexibility index (Phi) is 4.53. The molecule has 1 rings (SSSR count). The van der Waals surface area contributed by atoms with E-state index >= 15 is 0 Å². The molecule has 0 spiro atoms. The highest BCUT2D eigenvalue weighted by Gasteiger charge is 2.07. The van der Waals surface area contributed by atoms with Gasteiger partial charge in [-0.15, -0.1) is 0 Å². The summed E-state index contributed by atoms with van der Waals surface area (Å²) in [5.41, 5.74) is 2.40. The Labute approximate surface area is 92.3 Å². The van der Waals surface area contributed by atoms with Crippen LogP contribution in [0.1, 0.15) is 43.8 Å². The zero-order valence-corrected chi connectivity index (χ0v) is 10.2. The lowest BCUT2D eigenvalue weighted by Gasteiger charge is -2.11. The molecule has 1 aromatic heterocycles. The highest BCUT2D eigenvalue weighted by atomic mass is 15.0. The van der Waals surface area contributed by atoms with Crippen molar-refractivity contribution in [1.29, 1.82) is 0 Å². The molecule has 1 N–H and O–H groups in total. The molecule has 0 aromatic carbocycles. The average molecular weight is 207 g/mol. The number of hydrogen-bond acceptors (Lipinski definition) is 3. The highest BCUT2D eigenvalue weighted by molar-refractivity contribution is 5.45. The number of unbranched alkanes of at least 4 members (excludes halogenated alkanes) is 1. The van der Waals surface area contributed by atoms with Gasteiger partial charge in [-0.05, 0) is 33.6 Å². The maximum absolute atomic E-state index is 4.50. The molecule has 1 aromatic rings. The zero-order valence-electron chi connectivity index (χ0n) is 10.2. The average Bonchev–Trinajstić information content (AvgIpc) is 2.21. The number of aryl methyl sites for hydroxylation is 2. The summed E-state index contributed by atoms with van der Waals surface area (Å²) in [7, 11) is 0. The summed E-state index contributed by atoms with van der Waals surface area (Å²) in [4.78, 5) is 8.91. The van der Waals surface area contributed by atoms with E-state index in [9.17, 15) is 0 Å². The number of nitrogens with one attached hydrogen (secondary N) is 1. The molecule has 15 heavy (non-hydrogen) atoms. The third kappa shape index (κ3) is 3.18. The Balaban J connectivity index is 2.93. The predicted molar refractivity (Wildman–Crippen MR) is 64.3 cm³/mol. The van der Waals surface area contributed by atoms with Crippen molar-refractivity contribution in [2.24, 2.45) is 0 Å². The topological polar surface area (TPSA) is 37.8 Å². The van der Waals surface area contributed by atoms with Gasteiger partial charge in [0.1, 0.15) is 11.6 Å². The second-order valence-electron chi connectivity index (χ2n) is 3.83. The molecule has 0 saturated heterocycles. The minimum Gasteiger partial charge on any atom is -0.370 e. The van der Waals surface area contributed by atoms with Crippen molar-refractivity contribution in [2.45, 2.75) is 47.0 Å². The van der Waals surface area contributed by atoms with Gasteiger partial charge in [0.25, 0.3) is 0 Å². The lowest BCUT2D eigenvalue weighted by Crippen LogP contribution is -2.08. The van der Waals surface area contributed by atoms with Gasteiger partial charge in [-0.25, -0.2) is 9.97 Å². The number of rotatable bonds is 5. The van der Waals surface area contributed by atoms with Crippen molar-refractivity contribution < 1.29 is 0 Å². The van der Waals surface area contributed by atoms with E-state index in [1.54, 1.807) is 0 Å². The summed E-state index contributed by atoms with van der Waals surface area (Å²) < 4.78 is 0. The monoisotopic (exact) mass is 207 g/mol. The van der Waals surface area contributed by atoms with Gasteiger partial charge in [0.05, 0.1) is 0 Å². The van der Waals surface area contributed by atoms with E-state index in [0.29, 0.717) is 0 Å². The van der Waals surface area contributed by atoms with E-state index in [0.717, 1.165) is 24.6 Å². The molecular formula is C12H21N3. The molecule has 0 fully saturated rings.